The number of likely N-dealkylation sites (tertiary alicyclic amines) is 1. The highest BCUT2D eigenvalue weighted by molar-refractivity contribution is 5.95. The molecule has 29 heavy (non-hydrogen) atoms. The highest BCUT2D eigenvalue weighted by Crippen LogP contribution is 2.30. The van der Waals surface area contributed by atoms with E-state index in [2.05, 4.69) is 5.32 Å². The summed E-state index contributed by atoms with van der Waals surface area (Å²) in [5, 5.41) is 2.62. The molecule has 0 spiro atoms. The number of nitrogens with one attached hydrogen (secondary N) is 1. The minimum atomic E-state index is -4.40. The summed E-state index contributed by atoms with van der Waals surface area (Å²) in [6.07, 6.45) is -0.244. The van der Waals surface area contributed by atoms with Gasteiger partial charge < -0.3 is 14.6 Å². The van der Waals surface area contributed by atoms with Gasteiger partial charge in [0.15, 0.2) is 0 Å². The molecule has 1 aromatic carbocycles. The number of carbonyl (C=O) groups is 2. The van der Waals surface area contributed by atoms with Crippen molar-refractivity contribution in [1.82, 2.24) is 4.90 Å². The topological polar surface area (TPSA) is 62.6 Å². The van der Waals surface area contributed by atoms with Crippen molar-refractivity contribution < 1.29 is 27.2 Å². The summed E-state index contributed by atoms with van der Waals surface area (Å²) in [4.78, 5) is 26.6. The maximum Gasteiger partial charge on any atom is 0.416 e. The Kier molecular flexibility index (Phi) is 6.30. The average Bonchev–Trinajstić information content (AvgIpc) is 3.11. The van der Waals surface area contributed by atoms with Gasteiger partial charge in [0.25, 0.3) is 5.91 Å². The van der Waals surface area contributed by atoms with E-state index >= 15 is 0 Å². The van der Waals surface area contributed by atoms with Gasteiger partial charge in [-0.25, -0.2) is 0 Å². The Bertz CT molecular complexity index is 859. The molecule has 5 nitrogen and oxygen atoms in total. The lowest BCUT2D eigenvalue weighted by atomic mass is 9.93. The van der Waals surface area contributed by atoms with Crippen molar-refractivity contribution in [1.29, 1.82) is 0 Å². The maximum atomic E-state index is 12.6. The number of piperidine rings is 1. The Labute approximate surface area is 166 Å². The van der Waals surface area contributed by atoms with Crippen LogP contribution in [0.3, 0.4) is 0 Å². The molecule has 2 aromatic rings. The van der Waals surface area contributed by atoms with Gasteiger partial charge in [-0.1, -0.05) is 0 Å². The smallest absolute Gasteiger partial charge is 0.416 e. The van der Waals surface area contributed by atoms with Gasteiger partial charge in [-0.3, -0.25) is 9.59 Å². The fourth-order valence-electron chi connectivity index (χ4n) is 3.56. The van der Waals surface area contributed by atoms with Gasteiger partial charge >= 0.3 is 6.18 Å². The van der Waals surface area contributed by atoms with Gasteiger partial charge in [0.1, 0.15) is 5.76 Å². The van der Waals surface area contributed by atoms with E-state index in [0.29, 0.717) is 36.5 Å². The van der Waals surface area contributed by atoms with Gasteiger partial charge in [-0.2, -0.15) is 13.2 Å². The Morgan fingerprint density at radius 2 is 1.93 bits per heavy atom. The number of carbonyl (C=O) groups excluding carboxylic acids is 2. The third-order valence-electron chi connectivity index (χ3n) is 5.17. The molecule has 1 aliphatic rings. The third-order valence-corrected chi connectivity index (χ3v) is 5.17. The average molecular weight is 408 g/mol. The number of benzene rings is 1. The number of halogens is 3. The van der Waals surface area contributed by atoms with Crippen LogP contribution in [-0.2, 0) is 11.0 Å². The number of anilines is 1. The summed E-state index contributed by atoms with van der Waals surface area (Å²) in [6, 6.07) is 6.04. The van der Waals surface area contributed by atoms with Crippen LogP contribution in [0.1, 0.15) is 47.4 Å². The van der Waals surface area contributed by atoms with Gasteiger partial charge in [-0.05, 0) is 62.4 Å². The monoisotopic (exact) mass is 408 g/mol. The Hall–Kier alpha value is -2.77. The second-order valence-electron chi connectivity index (χ2n) is 7.31. The van der Waals surface area contributed by atoms with E-state index in [9.17, 15) is 22.8 Å². The number of furan rings is 1. The quantitative estimate of drug-likeness (QED) is 0.767. The largest absolute Gasteiger partial charge is 0.469 e. The van der Waals surface area contributed by atoms with Crippen molar-refractivity contribution >= 4 is 17.5 Å². The van der Waals surface area contributed by atoms with Crippen LogP contribution in [0.2, 0.25) is 0 Å². The summed E-state index contributed by atoms with van der Waals surface area (Å²) in [5.41, 5.74) is 0.139. The van der Waals surface area contributed by atoms with Crippen LogP contribution in [0.25, 0.3) is 0 Å². The third kappa shape index (κ3) is 5.40. The molecule has 1 N–H and O–H groups in total. The fourth-order valence-corrected chi connectivity index (χ4v) is 3.56. The lowest BCUT2D eigenvalue weighted by Gasteiger charge is -2.32. The maximum absolute atomic E-state index is 12.6. The molecule has 0 radical (unpaired) electrons. The summed E-state index contributed by atoms with van der Waals surface area (Å²) in [6.45, 7) is 3.01. The molecule has 1 unspecified atom stereocenters. The molecule has 2 amide bonds. The molecular weight excluding hydrogens is 385 g/mol. The Morgan fingerprint density at radius 1 is 1.21 bits per heavy atom. The molecule has 8 heteroatoms. The molecule has 1 atom stereocenters. The number of hydrogen-bond donors (Lipinski definition) is 1. The van der Waals surface area contributed by atoms with Crippen molar-refractivity contribution in [3.63, 3.8) is 0 Å². The first-order valence-corrected chi connectivity index (χ1v) is 9.54. The molecule has 3 rings (SSSR count). The molecule has 1 aliphatic heterocycles. The minimum absolute atomic E-state index is 0.0600. The summed E-state index contributed by atoms with van der Waals surface area (Å²) < 4.78 is 43.0. The van der Waals surface area contributed by atoms with Gasteiger partial charge in [0, 0.05) is 25.2 Å². The molecule has 0 bridgehead atoms. The summed E-state index contributed by atoms with van der Waals surface area (Å²) in [7, 11) is 0. The zero-order chi connectivity index (χ0) is 21.0. The van der Waals surface area contributed by atoms with Gasteiger partial charge in [-0.15, -0.1) is 0 Å². The lowest BCUT2D eigenvalue weighted by Crippen LogP contribution is -2.40. The Balaban J connectivity index is 1.48. The van der Waals surface area contributed by atoms with Gasteiger partial charge in [0.05, 0.1) is 17.4 Å². The number of rotatable bonds is 5. The molecule has 156 valence electrons. The molecule has 2 heterocycles. The van der Waals surface area contributed by atoms with E-state index in [0.717, 1.165) is 25.0 Å². The predicted molar refractivity (Wildman–Crippen MR) is 101 cm³/mol. The molecular formula is C21H23F3N2O3. The standard InChI is InChI=1S/C21H23F3N2O3/c1-14-18(10-12-29-14)20(28)26-11-2-3-15(13-26)4-9-19(27)25-17-7-5-16(6-8-17)21(22,23)24/h5-8,10,12,15H,2-4,9,11,13H2,1H3,(H,25,27). The molecule has 0 saturated carbocycles. The zero-order valence-corrected chi connectivity index (χ0v) is 16.1. The lowest BCUT2D eigenvalue weighted by molar-refractivity contribution is -0.137. The van der Waals surface area contributed by atoms with Crippen molar-refractivity contribution in [2.24, 2.45) is 5.92 Å². The highest BCUT2D eigenvalue weighted by atomic mass is 19.4. The van der Waals surface area contributed by atoms with Crippen LogP contribution in [0.5, 0.6) is 0 Å². The van der Waals surface area contributed by atoms with E-state index in [1.165, 1.54) is 18.4 Å². The van der Waals surface area contributed by atoms with Crippen LogP contribution in [0, 0.1) is 12.8 Å². The van der Waals surface area contributed by atoms with Crippen LogP contribution in [0.4, 0.5) is 18.9 Å². The Morgan fingerprint density at radius 3 is 2.55 bits per heavy atom. The number of amides is 2. The molecule has 1 fully saturated rings. The molecule has 1 aromatic heterocycles. The SMILES string of the molecule is Cc1occc1C(=O)N1CCCC(CCC(=O)Nc2ccc(C(F)(F)F)cc2)C1. The molecule has 0 aliphatic carbocycles. The first-order valence-electron chi connectivity index (χ1n) is 9.54. The van der Waals surface area contributed by atoms with Crippen molar-refractivity contribution in [2.75, 3.05) is 18.4 Å². The van der Waals surface area contributed by atoms with E-state index < -0.39 is 11.7 Å². The second kappa shape index (κ2) is 8.71. The van der Waals surface area contributed by atoms with Crippen molar-refractivity contribution in [3.8, 4) is 0 Å². The normalized spacial score (nSPS) is 17.2. The van der Waals surface area contributed by atoms with Crippen molar-refractivity contribution in [2.45, 2.75) is 38.8 Å². The second-order valence-corrected chi connectivity index (χ2v) is 7.31. The van der Waals surface area contributed by atoms with Crippen LogP contribution in [0.15, 0.2) is 41.0 Å². The van der Waals surface area contributed by atoms with Crippen LogP contribution < -0.4 is 5.32 Å². The molecule has 1 saturated heterocycles. The number of nitrogens with zero attached hydrogens (tertiary/aromatic N) is 1. The van der Waals surface area contributed by atoms with Gasteiger partial charge in [0.2, 0.25) is 5.91 Å². The summed E-state index contributed by atoms with van der Waals surface area (Å²) >= 11 is 0. The summed E-state index contributed by atoms with van der Waals surface area (Å²) in [5.74, 6) is 0.486. The first-order chi connectivity index (χ1) is 13.7. The minimum Gasteiger partial charge on any atom is -0.469 e. The van der Waals surface area contributed by atoms with E-state index in [-0.39, 0.29) is 24.2 Å². The van der Waals surface area contributed by atoms with Crippen LogP contribution >= 0.6 is 0 Å². The van der Waals surface area contributed by atoms with Crippen LogP contribution in [-0.4, -0.2) is 29.8 Å². The van der Waals surface area contributed by atoms with E-state index in [4.69, 9.17) is 4.42 Å². The fraction of sp³-hybridized carbons (Fsp3) is 0.429. The van der Waals surface area contributed by atoms with E-state index in [1.54, 1.807) is 17.9 Å². The van der Waals surface area contributed by atoms with E-state index in [1.807, 2.05) is 0 Å². The van der Waals surface area contributed by atoms with Crippen molar-refractivity contribution in [3.05, 3.63) is 53.5 Å². The predicted octanol–water partition coefficient (Wildman–Crippen LogP) is 4.88. The first kappa shape index (κ1) is 21.0. The number of aryl methyl sites for hydroxylation is 1. The zero-order valence-electron chi connectivity index (χ0n) is 16.1. The number of alkyl halides is 3. The highest BCUT2D eigenvalue weighted by Gasteiger charge is 2.30. The number of hydrogen-bond acceptors (Lipinski definition) is 3.